The maximum Gasteiger partial charge on any atom is 0.276 e. The SMILES string of the molecule is CCN(C(=O)c1nnn(C2CCNCC2)c1C)C(C)C.Cl. The van der Waals surface area contributed by atoms with Crippen LogP contribution < -0.4 is 5.32 Å². The number of aromatic nitrogens is 3. The first kappa shape index (κ1) is 17.9. The molecule has 1 fully saturated rings. The molecule has 1 N–H and O–H groups in total. The highest BCUT2D eigenvalue weighted by molar-refractivity contribution is 5.93. The number of rotatable bonds is 4. The van der Waals surface area contributed by atoms with Gasteiger partial charge in [-0.05, 0) is 53.6 Å². The van der Waals surface area contributed by atoms with Crippen LogP contribution in [0.4, 0.5) is 0 Å². The van der Waals surface area contributed by atoms with Crippen molar-refractivity contribution in [2.75, 3.05) is 19.6 Å². The van der Waals surface area contributed by atoms with Gasteiger partial charge in [-0.25, -0.2) is 4.68 Å². The molecule has 2 rings (SSSR count). The zero-order valence-electron chi connectivity index (χ0n) is 13.3. The molecule has 7 heteroatoms. The third-order valence-electron chi connectivity index (χ3n) is 4.01. The van der Waals surface area contributed by atoms with Gasteiger partial charge in [0.2, 0.25) is 0 Å². The number of nitrogens with one attached hydrogen (secondary N) is 1. The van der Waals surface area contributed by atoms with Crippen molar-refractivity contribution in [3.8, 4) is 0 Å². The Morgan fingerprint density at radius 3 is 2.57 bits per heavy atom. The van der Waals surface area contributed by atoms with Crippen LogP contribution in [0.15, 0.2) is 0 Å². The average molecular weight is 316 g/mol. The van der Waals surface area contributed by atoms with Crippen LogP contribution in [0, 0.1) is 6.92 Å². The minimum absolute atomic E-state index is 0. The van der Waals surface area contributed by atoms with Gasteiger partial charge in [0.1, 0.15) is 0 Å². The van der Waals surface area contributed by atoms with Crippen LogP contribution in [-0.4, -0.2) is 51.5 Å². The van der Waals surface area contributed by atoms with E-state index >= 15 is 0 Å². The summed E-state index contributed by atoms with van der Waals surface area (Å²) in [6, 6.07) is 0.537. The lowest BCUT2D eigenvalue weighted by molar-refractivity contribution is 0.0710. The molecule has 0 atom stereocenters. The van der Waals surface area contributed by atoms with Crippen LogP contribution in [0.2, 0.25) is 0 Å². The number of hydrogen-bond donors (Lipinski definition) is 1. The van der Waals surface area contributed by atoms with E-state index in [-0.39, 0.29) is 24.4 Å². The van der Waals surface area contributed by atoms with Crippen LogP contribution in [0.1, 0.15) is 55.8 Å². The molecule has 120 valence electrons. The summed E-state index contributed by atoms with van der Waals surface area (Å²) in [4.78, 5) is 14.4. The van der Waals surface area contributed by atoms with Crippen molar-refractivity contribution in [3.05, 3.63) is 11.4 Å². The normalized spacial score (nSPS) is 15.9. The summed E-state index contributed by atoms with van der Waals surface area (Å²) >= 11 is 0. The number of piperidine rings is 1. The molecule has 1 amide bonds. The maximum absolute atomic E-state index is 12.5. The third kappa shape index (κ3) is 3.74. The van der Waals surface area contributed by atoms with Gasteiger partial charge < -0.3 is 10.2 Å². The Morgan fingerprint density at radius 2 is 2.05 bits per heavy atom. The first-order valence-corrected chi connectivity index (χ1v) is 7.49. The number of carbonyl (C=O) groups excluding carboxylic acids is 1. The third-order valence-corrected chi connectivity index (χ3v) is 4.01. The fourth-order valence-corrected chi connectivity index (χ4v) is 2.82. The minimum atomic E-state index is -0.0137. The molecule has 0 aromatic carbocycles. The molecule has 0 spiro atoms. The summed E-state index contributed by atoms with van der Waals surface area (Å²) in [6.07, 6.45) is 2.08. The van der Waals surface area contributed by atoms with Gasteiger partial charge in [0, 0.05) is 12.6 Å². The molecule has 1 aromatic heterocycles. The zero-order chi connectivity index (χ0) is 14.7. The first-order valence-electron chi connectivity index (χ1n) is 7.49. The minimum Gasteiger partial charge on any atom is -0.335 e. The Morgan fingerprint density at radius 1 is 1.43 bits per heavy atom. The number of carbonyl (C=O) groups is 1. The molecule has 1 aromatic rings. The Hall–Kier alpha value is -1.14. The molecule has 1 saturated heterocycles. The van der Waals surface area contributed by atoms with Crippen molar-refractivity contribution >= 4 is 18.3 Å². The number of halogens is 1. The van der Waals surface area contributed by atoms with E-state index in [1.165, 1.54) is 0 Å². The predicted molar refractivity (Wildman–Crippen MR) is 85.0 cm³/mol. The highest BCUT2D eigenvalue weighted by Crippen LogP contribution is 2.21. The summed E-state index contributed by atoms with van der Waals surface area (Å²) in [6.45, 7) is 10.7. The molecule has 2 heterocycles. The number of hydrogen-bond acceptors (Lipinski definition) is 4. The van der Waals surface area contributed by atoms with E-state index in [0.717, 1.165) is 31.6 Å². The quantitative estimate of drug-likeness (QED) is 0.920. The van der Waals surface area contributed by atoms with Gasteiger partial charge in [-0.1, -0.05) is 5.21 Å². The Bertz CT molecular complexity index is 468. The van der Waals surface area contributed by atoms with Crippen LogP contribution in [0.25, 0.3) is 0 Å². The smallest absolute Gasteiger partial charge is 0.276 e. The highest BCUT2D eigenvalue weighted by Gasteiger charge is 2.26. The molecule has 0 unspecified atom stereocenters. The van der Waals surface area contributed by atoms with Gasteiger partial charge in [-0.15, -0.1) is 17.5 Å². The van der Waals surface area contributed by atoms with Crippen LogP contribution in [0.5, 0.6) is 0 Å². The Labute approximate surface area is 132 Å². The van der Waals surface area contributed by atoms with Gasteiger partial charge in [-0.2, -0.15) is 0 Å². The highest BCUT2D eigenvalue weighted by atomic mass is 35.5. The Kier molecular flexibility index (Phi) is 6.61. The molecule has 0 radical (unpaired) electrons. The number of amides is 1. The van der Waals surface area contributed by atoms with E-state index in [1.54, 1.807) is 0 Å². The maximum atomic E-state index is 12.5. The molecule has 1 aliphatic rings. The lowest BCUT2D eigenvalue weighted by Crippen LogP contribution is -2.37. The van der Waals surface area contributed by atoms with E-state index < -0.39 is 0 Å². The van der Waals surface area contributed by atoms with Crippen molar-refractivity contribution in [2.24, 2.45) is 0 Å². The van der Waals surface area contributed by atoms with Crippen molar-refractivity contribution in [2.45, 2.75) is 52.6 Å². The van der Waals surface area contributed by atoms with E-state index in [0.29, 0.717) is 18.3 Å². The molecule has 0 aliphatic carbocycles. The average Bonchev–Trinajstić information content (AvgIpc) is 2.81. The second-order valence-electron chi connectivity index (χ2n) is 5.63. The van der Waals surface area contributed by atoms with Crippen LogP contribution in [0.3, 0.4) is 0 Å². The largest absolute Gasteiger partial charge is 0.335 e. The summed E-state index contributed by atoms with van der Waals surface area (Å²) in [5.74, 6) is -0.0137. The Balaban J connectivity index is 0.00000220. The van der Waals surface area contributed by atoms with Crippen molar-refractivity contribution < 1.29 is 4.79 Å². The zero-order valence-corrected chi connectivity index (χ0v) is 14.1. The fourth-order valence-electron chi connectivity index (χ4n) is 2.82. The van der Waals surface area contributed by atoms with Crippen molar-refractivity contribution in [1.82, 2.24) is 25.2 Å². The summed E-state index contributed by atoms with van der Waals surface area (Å²) < 4.78 is 1.93. The van der Waals surface area contributed by atoms with Crippen molar-refractivity contribution in [1.29, 1.82) is 0 Å². The van der Waals surface area contributed by atoms with Crippen molar-refractivity contribution in [3.63, 3.8) is 0 Å². The van der Waals surface area contributed by atoms with Gasteiger partial charge in [0.15, 0.2) is 5.69 Å². The standard InChI is InChI=1S/C14H25N5O.ClH/c1-5-18(10(2)3)14(20)13-11(4)19(17-16-13)12-6-8-15-9-7-12;/h10,12,15H,5-9H2,1-4H3;1H. The molecule has 0 saturated carbocycles. The second-order valence-corrected chi connectivity index (χ2v) is 5.63. The predicted octanol–water partition coefficient (Wildman–Crippen LogP) is 1.80. The topological polar surface area (TPSA) is 63.1 Å². The summed E-state index contributed by atoms with van der Waals surface area (Å²) in [5, 5.41) is 11.7. The fraction of sp³-hybridized carbons (Fsp3) is 0.786. The first-order chi connectivity index (χ1) is 9.56. The van der Waals surface area contributed by atoms with Gasteiger partial charge in [0.25, 0.3) is 5.91 Å². The lowest BCUT2D eigenvalue weighted by Gasteiger charge is -2.25. The lowest BCUT2D eigenvalue weighted by atomic mass is 10.1. The van der Waals surface area contributed by atoms with Gasteiger partial charge in [0.05, 0.1) is 11.7 Å². The van der Waals surface area contributed by atoms with Gasteiger partial charge in [-0.3, -0.25) is 4.79 Å². The molecular weight excluding hydrogens is 290 g/mol. The monoisotopic (exact) mass is 315 g/mol. The molecule has 6 nitrogen and oxygen atoms in total. The molecule has 21 heavy (non-hydrogen) atoms. The van der Waals surface area contributed by atoms with E-state index in [4.69, 9.17) is 0 Å². The second kappa shape index (κ2) is 7.75. The molecular formula is C14H26ClN5O. The van der Waals surface area contributed by atoms with Gasteiger partial charge >= 0.3 is 0 Å². The molecule has 0 bridgehead atoms. The summed E-state index contributed by atoms with van der Waals surface area (Å²) in [5.41, 5.74) is 1.39. The van der Waals surface area contributed by atoms with E-state index in [1.807, 2.05) is 37.3 Å². The van der Waals surface area contributed by atoms with Crippen LogP contribution in [-0.2, 0) is 0 Å². The van der Waals surface area contributed by atoms with Crippen LogP contribution >= 0.6 is 12.4 Å². The van der Waals surface area contributed by atoms with E-state index in [2.05, 4.69) is 15.6 Å². The molecule has 1 aliphatic heterocycles. The van der Waals surface area contributed by atoms with E-state index in [9.17, 15) is 4.79 Å². The number of nitrogens with zero attached hydrogens (tertiary/aromatic N) is 4. The summed E-state index contributed by atoms with van der Waals surface area (Å²) in [7, 11) is 0.